The van der Waals surface area contributed by atoms with E-state index in [1.165, 1.54) is 186 Å². The molecule has 0 aromatic carbocycles. The number of nitrogens with zero attached hydrogens (tertiary/aromatic N) is 1. The molecule has 0 rings (SSSR count). The molecule has 0 spiro atoms. The zero-order chi connectivity index (χ0) is 49.9. The molecule has 0 fully saturated rings. The summed E-state index contributed by atoms with van der Waals surface area (Å²) in [6, 6.07) is 0. The zero-order valence-corrected chi connectivity index (χ0v) is 46.2. The van der Waals surface area contributed by atoms with Gasteiger partial charge in [-0.15, -0.1) is 0 Å². The molecule has 0 bridgehead atoms. The maximum atomic E-state index is 12.8. The number of phosphoric acid groups is 1. The van der Waals surface area contributed by atoms with Crippen molar-refractivity contribution >= 4 is 19.8 Å². The quantitative estimate of drug-likeness (QED) is 0.0211. The summed E-state index contributed by atoms with van der Waals surface area (Å²) in [6.07, 6.45) is 60.6. The number of likely N-dealkylation sites (N-methyl/N-ethyl adjacent to an activating group) is 1. The minimum absolute atomic E-state index is 0.0330. The van der Waals surface area contributed by atoms with Gasteiger partial charge in [-0.1, -0.05) is 243 Å². The first-order valence-corrected chi connectivity index (χ1v) is 30.2. The number of esters is 2. The van der Waals surface area contributed by atoms with Gasteiger partial charge in [0.2, 0.25) is 0 Å². The highest BCUT2D eigenvalue weighted by atomic mass is 31.2. The smallest absolute Gasteiger partial charge is 0.462 e. The molecular weight excluding hydrogens is 870 g/mol. The van der Waals surface area contributed by atoms with Gasteiger partial charge in [0.1, 0.15) is 19.8 Å². The van der Waals surface area contributed by atoms with E-state index >= 15 is 0 Å². The van der Waals surface area contributed by atoms with Gasteiger partial charge in [-0.3, -0.25) is 18.6 Å². The Labute approximate surface area is 421 Å². The van der Waals surface area contributed by atoms with Gasteiger partial charge in [0.15, 0.2) is 6.10 Å². The van der Waals surface area contributed by atoms with E-state index in [4.69, 9.17) is 18.5 Å². The van der Waals surface area contributed by atoms with E-state index in [2.05, 4.69) is 50.3 Å². The fourth-order valence-corrected chi connectivity index (χ4v) is 8.94. The number of phosphoric ester groups is 1. The molecule has 0 saturated heterocycles. The van der Waals surface area contributed by atoms with E-state index in [9.17, 15) is 19.0 Å². The maximum Gasteiger partial charge on any atom is 0.472 e. The molecule has 0 aliphatic rings. The van der Waals surface area contributed by atoms with Crippen LogP contribution in [0.1, 0.15) is 271 Å². The first-order valence-electron chi connectivity index (χ1n) is 28.7. The number of allylic oxidation sites excluding steroid dienone is 6. The second kappa shape index (κ2) is 50.2. The van der Waals surface area contributed by atoms with Crippen LogP contribution < -0.4 is 0 Å². The number of unbranched alkanes of at least 4 members (excludes halogenated alkanes) is 33. The second-order valence-corrected chi connectivity index (χ2v) is 22.1. The third-order valence-corrected chi connectivity index (χ3v) is 13.7. The van der Waals surface area contributed by atoms with E-state index in [0.29, 0.717) is 23.9 Å². The van der Waals surface area contributed by atoms with Gasteiger partial charge in [-0.2, -0.15) is 0 Å². The highest BCUT2D eigenvalue weighted by Crippen LogP contribution is 2.43. The first-order chi connectivity index (χ1) is 33.0. The predicted octanol–water partition coefficient (Wildman–Crippen LogP) is 17.6. The Hall–Kier alpha value is -1.77. The van der Waals surface area contributed by atoms with Crippen molar-refractivity contribution < 1.29 is 42.1 Å². The van der Waals surface area contributed by atoms with E-state index in [1.54, 1.807) is 0 Å². The van der Waals surface area contributed by atoms with E-state index in [0.717, 1.165) is 51.4 Å². The van der Waals surface area contributed by atoms with Crippen LogP contribution in [0, 0.1) is 0 Å². The van der Waals surface area contributed by atoms with Crippen LogP contribution in [-0.2, 0) is 32.7 Å². The summed E-state index contributed by atoms with van der Waals surface area (Å²) in [5, 5.41) is 0. The van der Waals surface area contributed by atoms with Crippen molar-refractivity contribution in [1.29, 1.82) is 0 Å². The molecule has 0 aromatic heterocycles. The number of carbonyl (C=O) groups is 2. The number of quaternary nitrogens is 1. The van der Waals surface area contributed by atoms with Crippen molar-refractivity contribution in [3.05, 3.63) is 36.5 Å². The standard InChI is InChI=1S/C58H110NO8P/c1-6-8-10-12-14-16-18-20-22-24-25-26-27-28-29-30-31-32-33-35-37-39-41-43-45-47-49-51-58(61)67-56(55-66-68(62,63)65-53-52-59(3,4)5)54-64-57(60)50-48-46-44-42-40-38-36-34-23-21-19-17-15-13-11-9-7-2/h18,20,24-25,27-28,56H,6-17,19,21-23,26,29-55H2,1-5H3/p+1/b20-18-,25-24-,28-27-. The van der Waals surface area contributed by atoms with Crippen LogP contribution in [0.3, 0.4) is 0 Å². The molecule has 0 amide bonds. The summed E-state index contributed by atoms with van der Waals surface area (Å²) in [6.45, 7) is 4.46. The fourth-order valence-electron chi connectivity index (χ4n) is 8.20. The fraction of sp³-hybridized carbons (Fsp3) is 0.862. The van der Waals surface area contributed by atoms with Crippen LogP contribution in [0.5, 0.6) is 0 Å². The number of carbonyl (C=O) groups excluding carboxylic acids is 2. The minimum atomic E-state index is -4.38. The SMILES string of the molecule is CCCCCCC/C=C\C/C=C\C/C=C\CCCCCCCCCCCCCCC(=O)OC(COC(=O)CCCCCCCCCCCCCCCCCCC)COP(=O)(O)OCC[N+](C)(C)C. The molecule has 0 heterocycles. The summed E-state index contributed by atoms with van der Waals surface area (Å²) in [5.41, 5.74) is 0. The molecule has 2 unspecified atom stereocenters. The van der Waals surface area contributed by atoms with Crippen LogP contribution >= 0.6 is 7.82 Å². The van der Waals surface area contributed by atoms with Gasteiger partial charge in [0, 0.05) is 12.8 Å². The van der Waals surface area contributed by atoms with Crippen molar-refractivity contribution in [3.63, 3.8) is 0 Å². The van der Waals surface area contributed by atoms with Crippen LogP contribution in [0.4, 0.5) is 0 Å². The molecule has 2 atom stereocenters. The van der Waals surface area contributed by atoms with Crippen molar-refractivity contribution in [1.82, 2.24) is 0 Å². The molecule has 0 radical (unpaired) electrons. The van der Waals surface area contributed by atoms with Gasteiger partial charge >= 0.3 is 19.8 Å². The molecule has 0 aromatic rings. The van der Waals surface area contributed by atoms with Gasteiger partial charge < -0.3 is 18.9 Å². The summed E-state index contributed by atoms with van der Waals surface area (Å²) in [4.78, 5) is 35.6. The van der Waals surface area contributed by atoms with Gasteiger partial charge in [-0.25, -0.2) is 4.57 Å². The normalized spacial score (nSPS) is 13.6. The van der Waals surface area contributed by atoms with Crippen LogP contribution in [0.2, 0.25) is 0 Å². The predicted molar refractivity (Wildman–Crippen MR) is 289 cm³/mol. The molecule has 0 aliphatic heterocycles. The number of hydrogen-bond donors (Lipinski definition) is 1. The van der Waals surface area contributed by atoms with Crippen molar-refractivity contribution in [2.45, 2.75) is 277 Å². The molecular formula is C58H111NO8P+. The Kier molecular flexibility index (Phi) is 48.9. The van der Waals surface area contributed by atoms with Crippen LogP contribution in [0.15, 0.2) is 36.5 Å². The van der Waals surface area contributed by atoms with Crippen LogP contribution in [0.25, 0.3) is 0 Å². The molecule has 10 heteroatoms. The lowest BCUT2D eigenvalue weighted by atomic mass is 10.0. The average molecular weight is 981 g/mol. The Morgan fingerprint density at radius 2 is 0.794 bits per heavy atom. The topological polar surface area (TPSA) is 108 Å². The third kappa shape index (κ3) is 53.6. The Morgan fingerprint density at radius 1 is 0.456 bits per heavy atom. The number of ether oxygens (including phenoxy) is 2. The molecule has 1 N–H and O–H groups in total. The van der Waals surface area contributed by atoms with Crippen LogP contribution in [-0.4, -0.2) is 74.9 Å². The van der Waals surface area contributed by atoms with Crippen molar-refractivity contribution in [2.24, 2.45) is 0 Å². The number of rotatable bonds is 53. The summed E-state index contributed by atoms with van der Waals surface area (Å²) < 4.78 is 34.6. The number of hydrogen-bond acceptors (Lipinski definition) is 7. The maximum absolute atomic E-state index is 12.8. The molecule has 0 aliphatic carbocycles. The monoisotopic (exact) mass is 981 g/mol. The lowest BCUT2D eigenvalue weighted by Crippen LogP contribution is -2.37. The van der Waals surface area contributed by atoms with Crippen molar-refractivity contribution in [3.8, 4) is 0 Å². The van der Waals surface area contributed by atoms with Crippen molar-refractivity contribution in [2.75, 3.05) is 47.5 Å². The Morgan fingerprint density at radius 3 is 1.18 bits per heavy atom. The highest BCUT2D eigenvalue weighted by Gasteiger charge is 2.27. The molecule has 9 nitrogen and oxygen atoms in total. The van der Waals surface area contributed by atoms with Gasteiger partial charge in [0.25, 0.3) is 0 Å². The van der Waals surface area contributed by atoms with E-state index < -0.39 is 26.5 Å². The Bertz CT molecular complexity index is 1250. The summed E-state index contributed by atoms with van der Waals surface area (Å²) in [7, 11) is 1.49. The zero-order valence-electron chi connectivity index (χ0n) is 45.4. The average Bonchev–Trinajstić information content (AvgIpc) is 3.30. The minimum Gasteiger partial charge on any atom is -0.462 e. The third-order valence-electron chi connectivity index (χ3n) is 12.7. The summed E-state index contributed by atoms with van der Waals surface area (Å²) >= 11 is 0. The second-order valence-electron chi connectivity index (χ2n) is 20.7. The molecule has 0 saturated carbocycles. The highest BCUT2D eigenvalue weighted by molar-refractivity contribution is 7.47. The lowest BCUT2D eigenvalue weighted by Gasteiger charge is -2.24. The Balaban J connectivity index is 4.14. The van der Waals surface area contributed by atoms with Gasteiger partial charge in [-0.05, 0) is 51.4 Å². The largest absolute Gasteiger partial charge is 0.472 e. The summed E-state index contributed by atoms with van der Waals surface area (Å²) in [5.74, 6) is -0.787. The molecule has 400 valence electrons. The van der Waals surface area contributed by atoms with E-state index in [1.807, 2.05) is 21.1 Å². The van der Waals surface area contributed by atoms with Gasteiger partial charge in [0.05, 0.1) is 27.7 Å². The molecule has 68 heavy (non-hydrogen) atoms. The lowest BCUT2D eigenvalue weighted by molar-refractivity contribution is -0.870. The first kappa shape index (κ1) is 66.2. The van der Waals surface area contributed by atoms with E-state index in [-0.39, 0.29) is 25.6 Å².